The molecule has 1 unspecified atom stereocenters. The third-order valence-electron chi connectivity index (χ3n) is 4.68. The van der Waals surface area contributed by atoms with Gasteiger partial charge in [-0.25, -0.2) is 0 Å². The third kappa shape index (κ3) is 4.38. The van der Waals surface area contributed by atoms with E-state index < -0.39 is 0 Å². The Hall–Kier alpha value is -2.21. The molecule has 7 heteroatoms. The summed E-state index contributed by atoms with van der Waals surface area (Å²) in [5.74, 6) is 1.30. The van der Waals surface area contributed by atoms with Crippen LogP contribution in [0, 0.1) is 0 Å². The first-order valence-electron chi connectivity index (χ1n) is 9.40. The number of aryl methyl sites for hydroxylation is 1. The molecule has 0 bridgehead atoms. The molecule has 1 atom stereocenters. The first-order valence-corrected chi connectivity index (χ1v) is 9.78. The molecule has 146 valence electrons. The van der Waals surface area contributed by atoms with Crippen LogP contribution in [0.2, 0.25) is 5.02 Å². The molecule has 0 aliphatic carbocycles. The van der Waals surface area contributed by atoms with Crippen LogP contribution in [0.1, 0.15) is 48.5 Å². The van der Waals surface area contributed by atoms with Crippen molar-refractivity contribution in [3.8, 4) is 11.5 Å². The van der Waals surface area contributed by atoms with Crippen LogP contribution in [0.4, 0.5) is 0 Å². The highest BCUT2D eigenvalue weighted by atomic mass is 35.5. The molecule has 27 heavy (non-hydrogen) atoms. The maximum atomic E-state index is 13.0. The molecule has 1 aromatic carbocycles. The number of rotatable bonds is 7. The largest absolute Gasteiger partial charge is 0.490 e. The lowest BCUT2D eigenvalue weighted by Crippen LogP contribution is -2.28. The van der Waals surface area contributed by atoms with Gasteiger partial charge in [-0.05, 0) is 37.5 Å². The number of hydrogen-bond acceptors (Lipinski definition) is 4. The van der Waals surface area contributed by atoms with Crippen molar-refractivity contribution in [2.75, 3.05) is 26.3 Å². The van der Waals surface area contributed by atoms with E-state index in [9.17, 15) is 4.79 Å². The molecule has 0 spiro atoms. The minimum Gasteiger partial charge on any atom is -0.490 e. The topological polar surface area (TPSA) is 56.6 Å². The van der Waals surface area contributed by atoms with E-state index in [0.29, 0.717) is 54.3 Å². The number of amides is 1. The Morgan fingerprint density at radius 3 is 2.81 bits per heavy atom. The van der Waals surface area contributed by atoms with E-state index >= 15 is 0 Å². The van der Waals surface area contributed by atoms with E-state index in [1.807, 2.05) is 38.2 Å². The second-order valence-corrected chi connectivity index (χ2v) is 7.16. The molecule has 3 rings (SSSR count). The lowest BCUT2D eigenvalue weighted by molar-refractivity contribution is 0.0790. The number of aromatic nitrogens is 2. The molecule has 1 saturated heterocycles. The third-order valence-corrected chi connectivity index (χ3v) is 4.96. The number of likely N-dealkylation sites (tertiary alicyclic amines) is 1. The Morgan fingerprint density at radius 1 is 1.33 bits per heavy atom. The van der Waals surface area contributed by atoms with Gasteiger partial charge in [0.1, 0.15) is 0 Å². The van der Waals surface area contributed by atoms with E-state index in [2.05, 4.69) is 5.10 Å². The van der Waals surface area contributed by atoms with Gasteiger partial charge in [0.15, 0.2) is 11.5 Å². The zero-order chi connectivity index (χ0) is 19.4. The van der Waals surface area contributed by atoms with Crippen LogP contribution in [0.3, 0.4) is 0 Å². The van der Waals surface area contributed by atoms with Gasteiger partial charge >= 0.3 is 0 Å². The van der Waals surface area contributed by atoms with Gasteiger partial charge < -0.3 is 14.4 Å². The van der Waals surface area contributed by atoms with E-state index in [4.69, 9.17) is 21.1 Å². The van der Waals surface area contributed by atoms with Crippen LogP contribution < -0.4 is 9.47 Å². The van der Waals surface area contributed by atoms with Crippen molar-refractivity contribution < 1.29 is 14.3 Å². The normalized spacial score (nSPS) is 16.6. The maximum Gasteiger partial charge on any atom is 0.254 e. The average molecular weight is 392 g/mol. The van der Waals surface area contributed by atoms with Gasteiger partial charge in [-0.1, -0.05) is 18.5 Å². The first-order chi connectivity index (χ1) is 13.0. The maximum absolute atomic E-state index is 13.0. The van der Waals surface area contributed by atoms with Crippen molar-refractivity contribution in [3.63, 3.8) is 0 Å². The second kappa shape index (κ2) is 8.65. The van der Waals surface area contributed by atoms with Gasteiger partial charge in [-0.2, -0.15) is 5.10 Å². The molecule has 2 aromatic rings. The number of ether oxygens (including phenoxy) is 2. The fraction of sp³-hybridized carbons (Fsp3) is 0.500. The molecular weight excluding hydrogens is 366 g/mol. The van der Waals surface area contributed by atoms with Gasteiger partial charge in [0.05, 0.1) is 24.4 Å². The molecule has 1 aliphatic heterocycles. The average Bonchev–Trinajstić information content (AvgIpc) is 3.29. The molecule has 2 heterocycles. The van der Waals surface area contributed by atoms with E-state index in [0.717, 1.165) is 12.8 Å². The fourth-order valence-electron chi connectivity index (χ4n) is 3.35. The highest BCUT2D eigenvalue weighted by Crippen LogP contribution is 2.38. The Balaban J connectivity index is 1.78. The number of carbonyl (C=O) groups excluding carboxylic acids is 1. The molecule has 0 saturated carbocycles. The van der Waals surface area contributed by atoms with E-state index in [-0.39, 0.29) is 5.91 Å². The molecule has 1 amide bonds. The summed E-state index contributed by atoms with van der Waals surface area (Å²) >= 11 is 6.40. The van der Waals surface area contributed by atoms with Crippen molar-refractivity contribution in [2.45, 2.75) is 32.6 Å². The molecule has 1 aromatic heterocycles. The smallest absolute Gasteiger partial charge is 0.254 e. The fourth-order valence-corrected chi connectivity index (χ4v) is 3.61. The number of benzene rings is 1. The summed E-state index contributed by atoms with van der Waals surface area (Å²) in [6.45, 7) is 6.34. The summed E-state index contributed by atoms with van der Waals surface area (Å²) in [6.07, 6.45) is 5.69. The van der Waals surface area contributed by atoms with Gasteiger partial charge in [0, 0.05) is 37.8 Å². The summed E-state index contributed by atoms with van der Waals surface area (Å²) in [6, 6.07) is 3.41. The monoisotopic (exact) mass is 391 g/mol. The van der Waals surface area contributed by atoms with Crippen LogP contribution in [-0.4, -0.2) is 46.9 Å². The van der Waals surface area contributed by atoms with Gasteiger partial charge in [-0.3, -0.25) is 9.48 Å². The quantitative estimate of drug-likeness (QED) is 0.718. The van der Waals surface area contributed by atoms with Gasteiger partial charge in [0.2, 0.25) is 0 Å². The Bertz CT molecular complexity index is 806. The molecule has 1 aliphatic rings. The van der Waals surface area contributed by atoms with Crippen LogP contribution >= 0.6 is 11.6 Å². The van der Waals surface area contributed by atoms with Crippen LogP contribution in [-0.2, 0) is 7.05 Å². The Morgan fingerprint density at radius 2 is 2.15 bits per heavy atom. The van der Waals surface area contributed by atoms with Crippen LogP contribution in [0.5, 0.6) is 11.5 Å². The molecule has 1 fully saturated rings. The zero-order valence-corrected chi connectivity index (χ0v) is 16.8. The van der Waals surface area contributed by atoms with Gasteiger partial charge in [0.25, 0.3) is 5.91 Å². The minimum absolute atomic E-state index is 0.0358. The van der Waals surface area contributed by atoms with Crippen molar-refractivity contribution >= 4 is 17.5 Å². The van der Waals surface area contributed by atoms with E-state index in [1.54, 1.807) is 16.8 Å². The highest BCUT2D eigenvalue weighted by Gasteiger charge is 2.29. The molecular formula is C20H26ClN3O3. The predicted octanol–water partition coefficient (Wildman–Crippen LogP) is 3.89. The summed E-state index contributed by atoms with van der Waals surface area (Å²) in [4.78, 5) is 14.9. The highest BCUT2D eigenvalue weighted by molar-refractivity contribution is 6.32. The number of halogens is 1. The van der Waals surface area contributed by atoms with Crippen molar-refractivity contribution in [1.82, 2.24) is 14.7 Å². The lowest BCUT2D eigenvalue weighted by atomic mass is 10.0. The second-order valence-electron chi connectivity index (χ2n) is 6.75. The number of carbonyl (C=O) groups is 1. The predicted molar refractivity (Wildman–Crippen MR) is 105 cm³/mol. The van der Waals surface area contributed by atoms with Crippen LogP contribution in [0.15, 0.2) is 24.5 Å². The number of nitrogens with zero attached hydrogens (tertiary/aromatic N) is 3. The van der Waals surface area contributed by atoms with Crippen LogP contribution in [0.25, 0.3) is 0 Å². The number of hydrogen-bond donors (Lipinski definition) is 0. The Kier molecular flexibility index (Phi) is 6.26. The van der Waals surface area contributed by atoms with Gasteiger partial charge in [-0.15, -0.1) is 0 Å². The summed E-state index contributed by atoms with van der Waals surface area (Å²) in [7, 11) is 1.90. The summed E-state index contributed by atoms with van der Waals surface area (Å²) < 4.78 is 13.2. The van der Waals surface area contributed by atoms with Crippen molar-refractivity contribution in [1.29, 1.82) is 0 Å². The van der Waals surface area contributed by atoms with Crippen molar-refractivity contribution in [3.05, 3.63) is 40.7 Å². The molecule has 6 nitrogen and oxygen atoms in total. The minimum atomic E-state index is -0.0358. The Labute approximate surface area is 165 Å². The SMILES string of the molecule is CCCOc1c(Cl)cc(C(=O)N2CCC(c3cnn(C)c3)C2)cc1OCC. The zero-order valence-electron chi connectivity index (χ0n) is 16.1. The van der Waals surface area contributed by atoms with Crippen molar-refractivity contribution in [2.24, 2.45) is 7.05 Å². The molecule has 0 radical (unpaired) electrons. The first kappa shape index (κ1) is 19.5. The van der Waals surface area contributed by atoms with E-state index in [1.165, 1.54) is 5.56 Å². The molecule has 0 N–H and O–H groups in total. The summed E-state index contributed by atoms with van der Waals surface area (Å²) in [5.41, 5.74) is 1.70. The summed E-state index contributed by atoms with van der Waals surface area (Å²) in [5, 5.41) is 4.64. The standard InChI is InChI=1S/C20H26ClN3O3/c1-4-8-27-19-17(21)9-15(10-18(19)26-5-2)20(25)24-7-6-14(13-24)16-11-22-23(3)12-16/h9-12,14H,4-8,13H2,1-3H3. The lowest BCUT2D eigenvalue weighted by Gasteiger charge is -2.19.